The van der Waals surface area contributed by atoms with Crippen LogP contribution in [0.5, 0.6) is 0 Å². The highest BCUT2D eigenvalue weighted by molar-refractivity contribution is 5.14. The predicted octanol–water partition coefficient (Wildman–Crippen LogP) is 2.65. The van der Waals surface area contributed by atoms with Crippen LogP contribution in [0.4, 0.5) is 0 Å². The second kappa shape index (κ2) is 6.77. The van der Waals surface area contributed by atoms with E-state index in [9.17, 15) is 0 Å². The molecule has 94 valence electrons. The van der Waals surface area contributed by atoms with Gasteiger partial charge in [0, 0.05) is 19.1 Å². The Bertz CT molecular complexity index is 310. The van der Waals surface area contributed by atoms with Crippen molar-refractivity contribution in [3.05, 3.63) is 35.9 Å². The standard InChI is InChI=1S/C15H24N2/c1-2-10-16-15-9-6-11-17(13-15)12-14-7-4-3-5-8-14/h3-5,7-8,15-16H,2,6,9-13H2,1H3. The Morgan fingerprint density at radius 3 is 2.88 bits per heavy atom. The Morgan fingerprint density at radius 2 is 2.12 bits per heavy atom. The zero-order valence-corrected chi connectivity index (χ0v) is 10.9. The molecule has 0 bridgehead atoms. The van der Waals surface area contributed by atoms with Gasteiger partial charge in [-0.1, -0.05) is 37.3 Å². The minimum atomic E-state index is 0.701. The predicted molar refractivity (Wildman–Crippen MR) is 73.0 cm³/mol. The lowest BCUT2D eigenvalue weighted by Gasteiger charge is -2.33. The Labute approximate surface area is 105 Å². The van der Waals surface area contributed by atoms with Crippen LogP contribution >= 0.6 is 0 Å². The molecule has 2 nitrogen and oxygen atoms in total. The minimum Gasteiger partial charge on any atom is -0.313 e. The minimum absolute atomic E-state index is 0.701. The van der Waals surface area contributed by atoms with E-state index in [1.54, 1.807) is 0 Å². The normalized spacial score (nSPS) is 21.6. The summed E-state index contributed by atoms with van der Waals surface area (Å²) in [7, 11) is 0. The molecule has 0 aromatic heterocycles. The van der Waals surface area contributed by atoms with Crippen molar-refractivity contribution in [2.75, 3.05) is 19.6 Å². The van der Waals surface area contributed by atoms with E-state index in [2.05, 4.69) is 47.5 Å². The first-order valence-electron chi connectivity index (χ1n) is 6.88. The fourth-order valence-electron chi connectivity index (χ4n) is 2.56. The molecule has 0 aliphatic carbocycles. The average molecular weight is 232 g/mol. The smallest absolute Gasteiger partial charge is 0.0234 e. The summed E-state index contributed by atoms with van der Waals surface area (Å²) in [5.74, 6) is 0. The van der Waals surface area contributed by atoms with Crippen LogP contribution in [0.15, 0.2) is 30.3 Å². The van der Waals surface area contributed by atoms with Gasteiger partial charge < -0.3 is 5.32 Å². The van der Waals surface area contributed by atoms with Crippen LogP contribution in [0.1, 0.15) is 31.7 Å². The van der Waals surface area contributed by atoms with Crippen LogP contribution in [0.3, 0.4) is 0 Å². The van der Waals surface area contributed by atoms with E-state index in [-0.39, 0.29) is 0 Å². The Balaban J connectivity index is 1.81. The van der Waals surface area contributed by atoms with E-state index >= 15 is 0 Å². The van der Waals surface area contributed by atoms with Crippen molar-refractivity contribution in [1.82, 2.24) is 10.2 Å². The highest BCUT2D eigenvalue weighted by Gasteiger charge is 2.18. The molecular weight excluding hydrogens is 208 g/mol. The van der Waals surface area contributed by atoms with Crippen molar-refractivity contribution in [3.8, 4) is 0 Å². The lowest BCUT2D eigenvalue weighted by Crippen LogP contribution is -2.45. The molecule has 1 aliphatic rings. The molecule has 2 rings (SSSR count). The van der Waals surface area contributed by atoms with E-state index in [1.807, 2.05) is 0 Å². The SMILES string of the molecule is CCCNC1CCCN(Cc2ccccc2)C1. The fourth-order valence-corrected chi connectivity index (χ4v) is 2.56. The van der Waals surface area contributed by atoms with Crippen LogP contribution < -0.4 is 5.32 Å². The molecule has 1 fully saturated rings. The van der Waals surface area contributed by atoms with Gasteiger partial charge in [0.2, 0.25) is 0 Å². The first-order valence-corrected chi connectivity index (χ1v) is 6.88. The summed E-state index contributed by atoms with van der Waals surface area (Å²) in [6.07, 6.45) is 3.90. The van der Waals surface area contributed by atoms with E-state index < -0.39 is 0 Å². The number of benzene rings is 1. The van der Waals surface area contributed by atoms with Crippen molar-refractivity contribution in [2.45, 2.75) is 38.8 Å². The summed E-state index contributed by atoms with van der Waals surface area (Å²) in [5, 5.41) is 3.65. The molecular formula is C15H24N2. The van der Waals surface area contributed by atoms with Gasteiger partial charge in [0.1, 0.15) is 0 Å². The average Bonchev–Trinajstić information content (AvgIpc) is 2.38. The second-order valence-corrected chi connectivity index (χ2v) is 5.01. The molecule has 1 heterocycles. The molecule has 1 atom stereocenters. The highest BCUT2D eigenvalue weighted by atomic mass is 15.2. The van der Waals surface area contributed by atoms with E-state index in [0.717, 1.165) is 13.1 Å². The summed E-state index contributed by atoms with van der Waals surface area (Å²) in [6, 6.07) is 11.5. The van der Waals surface area contributed by atoms with Crippen molar-refractivity contribution >= 4 is 0 Å². The van der Waals surface area contributed by atoms with E-state index in [1.165, 1.54) is 37.9 Å². The summed E-state index contributed by atoms with van der Waals surface area (Å²) < 4.78 is 0. The molecule has 1 unspecified atom stereocenters. The van der Waals surface area contributed by atoms with Gasteiger partial charge in [0.15, 0.2) is 0 Å². The maximum Gasteiger partial charge on any atom is 0.0234 e. The first-order chi connectivity index (χ1) is 8.38. The van der Waals surface area contributed by atoms with Crippen molar-refractivity contribution in [3.63, 3.8) is 0 Å². The number of piperidine rings is 1. The number of hydrogen-bond donors (Lipinski definition) is 1. The fraction of sp³-hybridized carbons (Fsp3) is 0.600. The Hall–Kier alpha value is -0.860. The van der Waals surface area contributed by atoms with Crippen LogP contribution in [-0.4, -0.2) is 30.6 Å². The van der Waals surface area contributed by atoms with Crippen LogP contribution in [-0.2, 0) is 6.54 Å². The third-order valence-electron chi connectivity index (χ3n) is 3.44. The zero-order chi connectivity index (χ0) is 11.9. The summed E-state index contributed by atoms with van der Waals surface area (Å²) in [5.41, 5.74) is 1.43. The van der Waals surface area contributed by atoms with Crippen molar-refractivity contribution < 1.29 is 0 Å². The molecule has 0 saturated carbocycles. The zero-order valence-electron chi connectivity index (χ0n) is 10.9. The maximum absolute atomic E-state index is 3.65. The number of rotatable bonds is 5. The van der Waals surface area contributed by atoms with Gasteiger partial charge in [-0.3, -0.25) is 4.90 Å². The van der Waals surface area contributed by atoms with Gasteiger partial charge in [-0.15, -0.1) is 0 Å². The molecule has 0 spiro atoms. The lowest BCUT2D eigenvalue weighted by atomic mass is 10.0. The summed E-state index contributed by atoms with van der Waals surface area (Å²) in [6.45, 7) is 6.95. The van der Waals surface area contributed by atoms with Gasteiger partial charge >= 0.3 is 0 Å². The van der Waals surface area contributed by atoms with Crippen LogP contribution in [0.25, 0.3) is 0 Å². The van der Waals surface area contributed by atoms with Gasteiger partial charge in [-0.2, -0.15) is 0 Å². The maximum atomic E-state index is 3.65. The number of nitrogens with one attached hydrogen (secondary N) is 1. The number of nitrogens with zero attached hydrogens (tertiary/aromatic N) is 1. The van der Waals surface area contributed by atoms with Gasteiger partial charge in [-0.05, 0) is 37.9 Å². The van der Waals surface area contributed by atoms with Crippen molar-refractivity contribution in [1.29, 1.82) is 0 Å². The molecule has 0 amide bonds. The molecule has 2 heteroatoms. The monoisotopic (exact) mass is 232 g/mol. The van der Waals surface area contributed by atoms with Gasteiger partial charge in [0.05, 0.1) is 0 Å². The third-order valence-corrected chi connectivity index (χ3v) is 3.44. The third kappa shape index (κ3) is 4.14. The first kappa shape index (κ1) is 12.6. The summed E-state index contributed by atoms with van der Waals surface area (Å²) >= 11 is 0. The van der Waals surface area contributed by atoms with Crippen molar-refractivity contribution in [2.24, 2.45) is 0 Å². The largest absolute Gasteiger partial charge is 0.313 e. The number of likely N-dealkylation sites (tertiary alicyclic amines) is 1. The molecule has 1 saturated heterocycles. The molecule has 1 N–H and O–H groups in total. The number of hydrogen-bond acceptors (Lipinski definition) is 2. The topological polar surface area (TPSA) is 15.3 Å². The molecule has 1 aromatic carbocycles. The van der Waals surface area contributed by atoms with E-state index in [0.29, 0.717) is 6.04 Å². The summed E-state index contributed by atoms with van der Waals surface area (Å²) in [4.78, 5) is 2.58. The van der Waals surface area contributed by atoms with Gasteiger partial charge in [0.25, 0.3) is 0 Å². The Morgan fingerprint density at radius 1 is 1.29 bits per heavy atom. The lowest BCUT2D eigenvalue weighted by molar-refractivity contribution is 0.183. The second-order valence-electron chi connectivity index (χ2n) is 5.01. The molecule has 17 heavy (non-hydrogen) atoms. The quantitative estimate of drug-likeness (QED) is 0.839. The Kier molecular flexibility index (Phi) is 5.02. The molecule has 1 aromatic rings. The highest BCUT2D eigenvalue weighted by Crippen LogP contribution is 2.13. The molecule has 1 aliphatic heterocycles. The van der Waals surface area contributed by atoms with Crippen LogP contribution in [0.2, 0.25) is 0 Å². The van der Waals surface area contributed by atoms with Gasteiger partial charge in [-0.25, -0.2) is 0 Å². The molecule has 0 radical (unpaired) electrons. The van der Waals surface area contributed by atoms with E-state index in [4.69, 9.17) is 0 Å². The van der Waals surface area contributed by atoms with Crippen LogP contribution in [0, 0.1) is 0 Å².